The van der Waals surface area contributed by atoms with Gasteiger partial charge in [-0.25, -0.2) is 4.79 Å². The fourth-order valence-corrected chi connectivity index (χ4v) is 3.31. The smallest absolute Gasteiger partial charge is 0.410 e. The highest BCUT2D eigenvalue weighted by Gasteiger charge is 2.37. The second-order valence-corrected chi connectivity index (χ2v) is 6.89. The van der Waals surface area contributed by atoms with E-state index in [1.165, 1.54) is 16.2 Å². The third-order valence-electron chi connectivity index (χ3n) is 2.98. The van der Waals surface area contributed by atoms with Crippen LogP contribution in [0.15, 0.2) is 10.8 Å². The molecule has 2 heterocycles. The van der Waals surface area contributed by atoms with E-state index in [2.05, 4.69) is 0 Å². The van der Waals surface area contributed by atoms with Gasteiger partial charge < -0.3 is 14.7 Å². The number of amides is 1. The molecule has 2 atom stereocenters. The van der Waals surface area contributed by atoms with E-state index in [0.717, 1.165) is 5.56 Å². The van der Waals surface area contributed by atoms with Crippen LogP contribution in [-0.4, -0.2) is 40.9 Å². The van der Waals surface area contributed by atoms with Crippen molar-refractivity contribution in [1.29, 1.82) is 0 Å². The molecule has 4 nitrogen and oxygen atoms in total. The second kappa shape index (κ2) is 5.31. The van der Waals surface area contributed by atoms with Gasteiger partial charge >= 0.3 is 6.09 Å². The van der Waals surface area contributed by atoms with E-state index in [9.17, 15) is 9.90 Å². The van der Waals surface area contributed by atoms with E-state index >= 15 is 0 Å². The molecule has 1 aliphatic rings. The van der Waals surface area contributed by atoms with E-state index in [-0.39, 0.29) is 18.6 Å². The van der Waals surface area contributed by atoms with Crippen molar-refractivity contribution in [3.63, 3.8) is 0 Å². The zero-order valence-corrected chi connectivity index (χ0v) is 12.8. The van der Waals surface area contributed by atoms with Gasteiger partial charge in [0, 0.05) is 17.8 Å². The van der Waals surface area contributed by atoms with E-state index in [1.807, 2.05) is 31.5 Å². The fourth-order valence-electron chi connectivity index (χ4n) is 2.12. The highest BCUT2D eigenvalue weighted by atomic mass is 35.5. The van der Waals surface area contributed by atoms with Crippen molar-refractivity contribution < 1.29 is 14.6 Å². The molecule has 1 fully saturated rings. The molecular formula is C13H18ClNO3S. The largest absolute Gasteiger partial charge is 0.444 e. The standard InChI is InChI=1S/C13H18ClNO3S/c1-13(2,3)18-12(17)15-4-8(11(16)5-15)9-6-19-7-10(9)14/h6-8,11,16H,4-5H2,1-3H3/t8-,11+/m0/s1. The number of likely N-dealkylation sites (tertiary alicyclic amines) is 1. The SMILES string of the molecule is CC(C)(C)OC(=O)N1C[C@@H](O)[C@H](c2cscc2Cl)C1. The molecule has 0 spiro atoms. The molecular weight excluding hydrogens is 286 g/mol. The van der Waals surface area contributed by atoms with Crippen LogP contribution in [-0.2, 0) is 4.74 Å². The molecule has 1 N–H and O–H groups in total. The third-order valence-corrected chi connectivity index (χ3v) is 4.20. The van der Waals surface area contributed by atoms with Crippen molar-refractivity contribution >= 4 is 29.0 Å². The molecule has 0 aromatic carbocycles. The maximum Gasteiger partial charge on any atom is 0.410 e. The number of thiophene rings is 1. The first kappa shape index (κ1) is 14.6. The second-order valence-electron chi connectivity index (χ2n) is 5.73. The average molecular weight is 304 g/mol. The van der Waals surface area contributed by atoms with E-state index in [0.29, 0.717) is 11.6 Å². The minimum atomic E-state index is -0.598. The number of ether oxygens (including phenoxy) is 1. The number of aliphatic hydroxyl groups is 1. The van der Waals surface area contributed by atoms with Crippen molar-refractivity contribution in [2.24, 2.45) is 0 Å². The van der Waals surface area contributed by atoms with Gasteiger partial charge in [-0.15, -0.1) is 0 Å². The Hall–Kier alpha value is -0.780. The van der Waals surface area contributed by atoms with Gasteiger partial charge in [-0.05, 0) is 31.7 Å². The van der Waals surface area contributed by atoms with Crippen molar-refractivity contribution in [2.75, 3.05) is 13.1 Å². The molecule has 1 aromatic heterocycles. The molecule has 0 unspecified atom stereocenters. The van der Waals surface area contributed by atoms with Crippen LogP contribution in [0.4, 0.5) is 4.79 Å². The molecule has 0 saturated carbocycles. The first-order valence-corrected chi connectivity index (χ1v) is 7.47. The first-order chi connectivity index (χ1) is 8.78. The van der Waals surface area contributed by atoms with Crippen molar-refractivity contribution in [3.8, 4) is 0 Å². The molecule has 1 saturated heterocycles. The summed E-state index contributed by atoms with van der Waals surface area (Å²) in [5.74, 6) is -0.133. The minimum Gasteiger partial charge on any atom is -0.444 e. The number of rotatable bonds is 1. The van der Waals surface area contributed by atoms with Crippen LogP contribution in [0.5, 0.6) is 0 Å². The Labute approximate surface area is 121 Å². The number of halogens is 1. The number of hydrogen-bond acceptors (Lipinski definition) is 4. The van der Waals surface area contributed by atoms with Gasteiger partial charge in [0.15, 0.2) is 0 Å². The predicted molar refractivity (Wildman–Crippen MR) is 75.9 cm³/mol. The summed E-state index contributed by atoms with van der Waals surface area (Å²) in [6.07, 6.45) is -0.986. The molecule has 2 rings (SSSR count). The lowest BCUT2D eigenvalue weighted by Gasteiger charge is -2.24. The summed E-state index contributed by atoms with van der Waals surface area (Å²) in [5, 5.41) is 14.5. The fraction of sp³-hybridized carbons (Fsp3) is 0.615. The molecule has 0 bridgehead atoms. The number of nitrogens with zero attached hydrogens (tertiary/aromatic N) is 1. The quantitative estimate of drug-likeness (QED) is 0.867. The number of β-amino-alcohol motifs (C(OH)–C–C–N with tert-alkyl or cyclic N) is 1. The maximum atomic E-state index is 12.0. The molecule has 1 amide bonds. The zero-order chi connectivity index (χ0) is 14.2. The normalized spacial score (nSPS) is 23.7. The average Bonchev–Trinajstić information content (AvgIpc) is 2.82. The molecule has 0 radical (unpaired) electrons. The Balaban J connectivity index is 2.06. The lowest BCUT2D eigenvalue weighted by molar-refractivity contribution is 0.0270. The molecule has 106 valence electrons. The van der Waals surface area contributed by atoms with Gasteiger partial charge in [0.2, 0.25) is 0 Å². The Morgan fingerprint density at radius 1 is 1.47 bits per heavy atom. The summed E-state index contributed by atoms with van der Waals surface area (Å²) in [7, 11) is 0. The van der Waals surface area contributed by atoms with E-state index in [1.54, 1.807) is 0 Å². The zero-order valence-electron chi connectivity index (χ0n) is 11.2. The highest BCUT2D eigenvalue weighted by Crippen LogP contribution is 2.35. The van der Waals surface area contributed by atoms with Crippen LogP contribution >= 0.6 is 22.9 Å². The number of carbonyl (C=O) groups excluding carboxylic acids is 1. The van der Waals surface area contributed by atoms with Crippen molar-refractivity contribution in [3.05, 3.63) is 21.3 Å². The Morgan fingerprint density at radius 3 is 2.68 bits per heavy atom. The lowest BCUT2D eigenvalue weighted by Crippen LogP contribution is -2.35. The molecule has 6 heteroatoms. The van der Waals surface area contributed by atoms with Crippen molar-refractivity contribution in [1.82, 2.24) is 4.90 Å². The molecule has 1 aromatic rings. The summed E-state index contributed by atoms with van der Waals surface area (Å²) in [5.41, 5.74) is 0.380. The maximum absolute atomic E-state index is 12.0. The molecule has 1 aliphatic heterocycles. The van der Waals surface area contributed by atoms with Crippen molar-refractivity contribution in [2.45, 2.75) is 38.4 Å². The predicted octanol–water partition coefficient (Wildman–Crippen LogP) is 3.10. The van der Waals surface area contributed by atoms with Gasteiger partial charge in [-0.3, -0.25) is 0 Å². The van der Waals surface area contributed by atoms with Crippen LogP contribution in [0.2, 0.25) is 5.02 Å². The van der Waals surface area contributed by atoms with E-state index < -0.39 is 11.7 Å². The Bertz CT molecular complexity index is 469. The number of carbonyl (C=O) groups is 1. The summed E-state index contributed by atoms with van der Waals surface area (Å²) in [4.78, 5) is 13.5. The number of hydrogen-bond donors (Lipinski definition) is 1. The molecule has 19 heavy (non-hydrogen) atoms. The van der Waals surface area contributed by atoms with Crippen LogP contribution in [0, 0.1) is 0 Å². The van der Waals surface area contributed by atoms with Gasteiger partial charge in [0.05, 0.1) is 17.7 Å². The van der Waals surface area contributed by atoms with Gasteiger partial charge in [0.1, 0.15) is 5.60 Å². The number of aliphatic hydroxyl groups excluding tert-OH is 1. The summed E-state index contributed by atoms with van der Waals surface area (Å²) in [6, 6.07) is 0. The highest BCUT2D eigenvalue weighted by molar-refractivity contribution is 7.08. The van der Waals surface area contributed by atoms with Gasteiger partial charge in [-0.1, -0.05) is 11.6 Å². The minimum absolute atomic E-state index is 0.133. The lowest BCUT2D eigenvalue weighted by atomic mass is 9.99. The topological polar surface area (TPSA) is 49.8 Å². The molecule has 0 aliphatic carbocycles. The summed E-state index contributed by atoms with van der Waals surface area (Å²) < 4.78 is 5.31. The van der Waals surface area contributed by atoms with Crippen LogP contribution in [0.3, 0.4) is 0 Å². The van der Waals surface area contributed by atoms with Crippen LogP contribution < -0.4 is 0 Å². The van der Waals surface area contributed by atoms with Gasteiger partial charge in [0.25, 0.3) is 0 Å². The third kappa shape index (κ3) is 3.41. The Kier molecular flexibility index (Phi) is 4.08. The van der Waals surface area contributed by atoms with E-state index in [4.69, 9.17) is 16.3 Å². The first-order valence-electron chi connectivity index (χ1n) is 6.15. The Morgan fingerprint density at radius 2 is 2.16 bits per heavy atom. The van der Waals surface area contributed by atoms with Crippen LogP contribution in [0.1, 0.15) is 32.3 Å². The monoisotopic (exact) mass is 303 g/mol. The summed E-state index contributed by atoms with van der Waals surface area (Å²) >= 11 is 7.58. The van der Waals surface area contributed by atoms with Crippen LogP contribution in [0.25, 0.3) is 0 Å². The summed E-state index contributed by atoms with van der Waals surface area (Å²) in [6.45, 7) is 6.19. The van der Waals surface area contributed by atoms with Gasteiger partial charge in [-0.2, -0.15) is 11.3 Å².